The average Bonchev–Trinajstić information content (AvgIpc) is 3.12. The first-order valence-corrected chi connectivity index (χ1v) is 9.33. The van der Waals surface area contributed by atoms with Gasteiger partial charge in [0.15, 0.2) is 0 Å². The highest BCUT2D eigenvalue weighted by Gasteiger charge is 2.28. The Balaban J connectivity index is 2.03. The van der Waals surface area contributed by atoms with Crippen LogP contribution in [0.3, 0.4) is 0 Å². The van der Waals surface area contributed by atoms with Crippen LogP contribution in [-0.2, 0) is 6.42 Å². The van der Waals surface area contributed by atoms with Crippen LogP contribution in [0.4, 0.5) is 0 Å². The molecule has 1 saturated heterocycles. The van der Waals surface area contributed by atoms with Crippen LogP contribution in [0, 0.1) is 0 Å². The van der Waals surface area contributed by atoms with Crippen LogP contribution >= 0.6 is 11.3 Å². The molecular formula is C19H26N2O2S. The molecule has 130 valence electrons. The van der Waals surface area contributed by atoms with Crippen molar-refractivity contribution >= 4 is 11.3 Å². The van der Waals surface area contributed by atoms with Gasteiger partial charge in [-0.25, -0.2) is 0 Å². The van der Waals surface area contributed by atoms with Gasteiger partial charge in [0.05, 0.1) is 20.3 Å². The van der Waals surface area contributed by atoms with Gasteiger partial charge in [-0.2, -0.15) is 0 Å². The maximum absolute atomic E-state index is 5.70. The van der Waals surface area contributed by atoms with Gasteiger partial charge < -0.3 is 14.8 Å². The van der Waals surface area contributed by atoms with Gasteiger partial charge in [-0.05, 0) is 30.7 Å². The Labute approximate surface area is 148 Å². The Bertz CT molecular complexity index is 665. The lowest BCUT2D eigenvalue weighted by Gasteiger charge is -2.35. The van der Waals surface area contributed by atoms with Gasteiger partial charge in [-0.3, -0.25) is 4.90 Å². The number of ether oxygens (including phenoxy) is 2. The molecule has 0 bridgehead atoms. The van der Waals surface area contributed by atoms with Crippen LogP contribution in [0.5, 0.6) is 11.5 Å². The molecule has 1 unspecified atom stereocenters. The van der Waals surface area contributed by atoms with Crippen LogP contribution in [0.25, 0.3) is 0 Å². The van der Waals surface area contributed by atoms with Crippen molar-refractivity contribution in [1.82, 2.24) is 10.2 Å². The van der Waals surface area contributed by atoms with Crippen molar-refractivity contribution in [3.8, 4) is 11.5 Å². The second kappa shape index (κ2) is 8.01. The molecular weight excluding hydrogens is 320 g/mol. The van der Waals surface area contributed by atoms with E-state index in [0.29, 0.717) is 0 Å². The van der Waals surface area contributed by atoms with Crippen LogP contribution in [0.15, 0.2) is 30.3 Å². The molecule has 1 aliphatic heterocycles. The number of rotatable bonds is 6. The van der Waals surface area contributed by atoms with Gasteiger partial charge >= 0.3 is 0 Å². The van der Waals surface area contributed by atoms with Gasteiger partial charge in [-0.1, -0.05) is 6.92 Å². The molecule has 0 aliphatic carbocycles. The summed E-state index contributed by atoms with van der Waals surface area (Å²) in [6, 6.07) is 10.9. The van der Waals surface area contributed by atoms with E-state index in [2.05, 4.69) is 35.3 Å². The van der Waals surface area contributed by atoms with E-state index in [0.717, 1.165) is 44.1 Å². The molecule has 1 N–H and O–H groups in total. The predicted octanol–water partition coefficient (Wildman–Crippen LogP) is 3.32. The molecule has 0 amide bonds. The Morgan fingerprint density at radius 3 is 2.54 bits per heavy atom. The Kier molecular flexibility index (Phi) is 5.76. The lowest BCUT2D eigenvalue weighted by molar-refractivity contribution is 0.197. The Morgan fingerprint density at radius 2 is 1.92 bits per heavy atom. The molecule has 4 nitrogen and oxygen atoms in total. The summed E-state index contributed by atoms with van der Waals surface area (Å²) in [5, 5.41) is 3.45. The number of hydrogen-bond acceptors (Lipinski definition) is 5. The molecule has 0 spiro atoms. The number of aryl methyl sites for hydroxylation is 1. The third-order valence-corrected chi connectivity index (χ3v) is 5.83. The monoisotopic (exact) mass is 346 g/mol. The minimum atomic E-state index is 0.234. The molecule has 1 aliphatic rings. The molecule has 0 radical (unpaired) electrons. The number of hydrogen-bond donors (Lipinski definition) is 1. The van der Waals surface area contributed by atoms with Crippen molar-refractivity contribution in [3.63, 3.8) is 0 Å². The summed E-state index contributed by atoms with van der Waals surface area (Å²) in [4.78, 5) is 5.36. The fraction of sp³-hybridized carbons (Fsp3) is 0.474. The van der Waals surface area contributed by atoms with Gasteiger partial charge in [-0.15, -0.1) is 11.3 Å². The van der Waals surface area contributed by atoms with Gasteiger partial charge in [0, 0.05) is 47.6 Å². The number of thiophene rings is 1. The average molecular weight is 346 g/mol. The summed E-state index contributed by atoms with van der Waals surface area (Å²) >= 11 is 1.91. The summed E-state index contributed by atoms with van der Waals surface area (Å²) < 4.78 is 11.1. The van der Waals surface area contributed by atoms with E-state index in [1.807, 2.05) is 23.5 Å². The molecule has 1 fully saturated rings. The highest BCUT2D eigenvalue weighted by molar-refractivity contribution is 7.12. The SMILES string of the molecule is CCc1ccc(C(c2ccc(OC)cc2OC)N2CCNCC2)s1. The van der Waals surface area contributed by atoms with E-state index in [-0.39, 0.29) is 6.04 Å². The predicted molar refractivity (Wildman–Crippen MR) is 99.5 cm³/mol. The molecule has 3 rings (SSSR count). The maximum atomic E-state index is 5.70. The van der Waals surface area contributed by atoms with Crippen molar-refractivity contribution < 1.29 is 9.47 Å². The topological polar surface area (TPSA) is 33.7 Å². The second-order valence-corrected chi connectivity index (χ2v) is 7.15. The Morgan fingerprint density at radius 1 is 1.12 bits per heavy atom. The normalized spacial score (nSPS) is 16.8. The number of methoxy groups -OCH3 is 2. The number of nitrogens with zero attached hydrogens (tertiary/aromatic N) is 1. The van der Waals surface area contributed by atoms with Crippen LogP contribution in [0.1, 0.15) is 28.3 Å². The first-order valence-electron chi connectivity index (χ1n) is 8.52. The highest BCUT2D eigenvalue weighted by Crippen LogP contribution is 2.39. The smallest absolute Gasteiger partial charge is 0.127 e. The number of piperazine rings is 1. The highest BCUT2D eigenvalue weighted by atomic mass is 32.1. The van der Waals surface area contributed by atoms with E-state index in [9.17, 15) is 0 Å². The summed E-state index contributed by atoms with van der Waals surface area (Å²) in [5.41, 5.74) is 1.21. The van der Waals surface area contributed by atoms with Crippen LogP contribution in [0.2, 0.25) is 0 Å². The summed E-state index contributed by atoms with van der Waals surface area (Å²) in [6.07, 6.45) is 1.08. The van der Waals surface area contributed by atoms with Crippen molar-refractivity contribution in [1.29, 1.82) is 0 Å². The third-order valence-electron chi connectivity index (χ3n) is 4.55. The van der Waals surface area contributed by atoms with Crippen LogP contribution < -0.4 is 14.8 Å². The molecule has 1 atom stereocenters. The van der Waals surface area contributed by atoms with Crippen LogP contribution in [-0.4, -0.2) is 45.3 Å². The zero-order valence-corrected chi connectivity index (χ0v) is 15.5. The fourth-order valence-electron chi connectivity index (χ4n) is 3.25. The zero-order valence-electron chi connectivity index (χ0n) is 14.7. The molecule has 24 heavy (non-hydrogen) atoms. The number of nitrogens with one attached hydrogen (secondary N) is 1. The quantitative estimate of drug-likeness (QED) is 0.870. The van der Waals surface area contributed by atoms with E-state index in [1.165, 1.54) is 15.3 Å². The van der Waals surface area contributed by atoms with E-state index in [4.69, 9.17) is 9.47 Å². The minimum absolute atomic E-state index is 0.234. The van der Waals surface area contributed by atoms with Crippen molar-refractivity contribution in [2.45, 2.75) is 19.4 Å². The van der Waals surface area contributed by atoms with Gasteiger partial charge in [0.25, 0.3) is 0 Å². The van der Waals surface area contributed by atoms with E-state index in [1.54, 1.807) is 14.2 Å². The zero-order chi connectivity index (χ0) is 16.9. The molecule has 0 saturated carbocycles. The van der Waals surface area contributed by atoms with Crippen molar-refractivity contribution in [2.24, 2.45) is 0 Å². The lowest BCUT2D eigenvalue weighted by Crippen LogP contribution is -2.45. The minimum Gasteiger partial charge on any atom is -0.497 e. The third kappa shape index (κ3) is 3.58. The standard InChI is InChI=1S/C19H26N2O2S/c1-4-15-6-8-18(24-15)19(21-11-9-20-10-12-21)16-7-5-14(22-2)13-17(16)23-3/h5-8,13,19-20H,4,9-12H2,1-3H3. The fourth-order valence-corrected chi connectivity index (χ4v) is 4.35. The lowest BCUT2D eigenvalue weighted by atomic mass is 10.0. The Hall–Kier alpha value is -1.56. The summed E-state index contributed by atoms with van der Waals surface area (Å²) in [5.74, 6) is 1.72. The van der Waals surface area contributed by atoms with Gasteiger partial charge in [0.2, 0.25) is 0 Å². The molecule has 2 heterocycles. The van der Waals surface area contributed by atoms with Crippen molar-refractivity contribution in [2.75, 3.05) is 40.4 Å². The molecule has 1 aromatic heterocycles. The largest absolute Gasteiger partial charge is 0.497 e. The second-order valence-electron chi connectivity index (χ2n) is 5.95. The maximum Gasteiger partial charge on any atom is 0.127 e. The van der Waals surface area contributed by atoms with E-state index >= 15 is 0 Å². The van der Waals surface area contributed by atoms with Crippen molar-refractivity contribution in [3.05, 3.63) is 45.6 Å². The first kappa shape index (κ1) is 17.3. The first-order chi connectivity index (χ1) is 11.8. The van der Waals surface area contributed by atoms with E-state index < -0.39 is 0 Å². The molecule has 5 heteroatoms. The number of benzene rings is 1. The molecule has 1 aromatic carbocycles. The summed E-state index contributed by atoms with van der Waals surface area (Å²) in [7, 11) is 3.42. The molecule has 2 aromatic rings. The summed E-state index contributed by atoms with van der Waals surface area (Å²) in [6.45, 7) is 6.35. The van der Waals surface area contributed by atoms with Gasteiger partial charge in [0.1, 0.15) is 11.5 Å².